The van der Waals surface area contributed by atoms with Gasteiger partial charge in [0.15, 0.2) is 5.79 Å². The summed E-state index contributed by atoms with van der Waals surface area (Å²) in [7, 11) is 0. The number of hydrogen-bond donors (Lipinski definition) is 4. The average Bonchev–Trinajstić information content (AvgIpc) is 3.27. The lowest BCUT2D eigenvalue weighted by molar-refractivity contribution is -0.281. The molecule has 2 aliphatic heterocycles. The zero-order chi connectivity index (χ0) is 26.1. The van der Waals surface area contributed by atoms with Crippen LogP contribution in [0.5, 0.6) is 0 Å². The van der Waals surface area contributed by atoms with E-state index in [0.717, 1.165) is 32.1 Å². The van der Waals surface area contributed by atoms with Crippen LogP contribution in [0.15, 0.2) is 11.6 Å². The molecule has 6 fully saturated rings. The summed E-state index contributed by atoms with van der Waals surface area (Å²) in [6.07, 6.45) is 4.93. The van der Waals surface area contributed by atoms with Crippen molar-refractivity contribution in [2.75, 3.05) is 0 Å². The fourth-order valence-corrected chi connectivity index (χ4v) is 11.9. The maximum absolute atomic E-state index is 12.4. The van der Waals surface area contributed by atoms with Crippen molar-refractivity contribution in [3.8, 4) is 0 Å². The summed E-state index contributed by atoms with van der Waals surface area (Å²) in [5.41, 5.74) is -1.34. The highest BCUT2D eigenvalue weighted by Gasteiger charge is 2.88. The van der Waals surface area contributed by atoms with Crippen molar-refractivity contribution >= 4 is 0 Å². The van der Waals surface area contributed by atoms with Gasteiger partial charge in [-0.2, -0.15) is 0 Å². The fourth-order valence-electron chi connectivity index (χ4n) is 11.9. The highest BCUT2D eigenvalue weighted by molar-refractivity contribution is 5.49. The molecule has 2 saturated heterocycles. The van der Waals surface area contributed by atoms with Gasteiger partial charge in [0.25, 0.3) is 0 Å². The van der Waals surface area contributed by atoms with E-state index in [4.69, 9.17) is 9.47 Å². The van der Waals surface area contributed by atoms with Gasteiger partial charge >= 0.3 is 0 Å². The molecule has 0 radical (unpaired) electrons. The molecule has 0 unspecified atom stereocenters. The number of fused-ring (bicyclic) bond motifs is 4. The number of hydrogen-bond acceptors (Lipinski definition) is 6. The minimum atomic E-state index is -1.23. The molecule has 6 heteroatoms. The highest BCUT2D eigenvalue weighted by Crippen LogP contribution is 2.89. The molecule has 2 heterocycles. The molecular formula is C30H46O6. The van der Waals surface area contributed by atoms with Gasteiger partial charge in [0.05, 0.1) is 23.9 Å². The van der Waals surface area contributed by atoms with Crippen LogP contribution in [0.4, 0.5) is 0 Å². The van der Waals surface area contributed by atoms with E-state index in [9.17, 15) is 20.4 Å². The summed E-state index contributed by atoms with van der Waals surface area (Å²) in [6.45, 7) is 14.5. The first-order chi connectivity index (χ1) is 16.5. The molecule has 0 amide bonds. The zero-order valence-electron chi connectivity index (χ0n) is 23.0. The van der Waals surface area contributed by atoms with E-state index in [2.05, 4.69) is 40.7 Å². The summed E-state index contributed by atoms with van der Waals surface area (Å²) in [5.74, 6) is -0.863. The van der Waals surface area contributed by atoms with Crippen molar-refractivity contribution < 1.29 is 29.9 Å². The second-order valence-electron chi connectivity index (χ2n) is 15.6. The largest absolute Gasteiger partial charge is 0.393 e. The lowest BCUT2D eigenvalue weighted by Crippen LogP contribution is -2.60. The van der Waals surface area contributed by atoms with E-state index < -0.39 is 40.5 Å². The first-order valence-corrected chi connectivity index (χ1v) is 14.4. The minimum absolute atomic E-state index is 0.0808. The van der Waals surface area contributed by atoms with Gasteiger partial charge in [0.1, 0.15) is 12.2 Å². The molecule has 6 nitrogen and oxygen atoms in total. The predicted octanol–water partition coefficient (Wildman–Crippen LogP) is 3.55. The Morgan fingerprint density at radius 3 is 2.39 bits per heavy atom. The first-order valence-electron chi connectivity index (χ1n) is 14.4. The van der Waals surface area contributed by atoms with Crippen LogP contribution in [-0.4, -0.2) is 62.3 Å². The standard InChI is InChI=1S/C30H46O6/c1-15-12-16-22(25(4,5)34)36-30(35-16)21(15)27(7)20(32)13-29-14-28(29)11-10-19(31)24(2,3)17(28)8-9-18(29)26(27,6)23(30)33/h9,15-17,19-23,31-34H,8,10-14H2,1-7H3/t15-,16-,17+,19+,20-,21-,22+,23-,26-,27-,28-,29+,30-/m1/s1. The monoisotopic (exact) mass is 502 g/mol. The van der Waals surface area contributed by atoms with Gasteiger partial charge in [-0.15, -0.1) is 0 Å². The van der Waals surface area contributed by atoms with Crippen LogP contribution in [0.25, 0.3) is 0 Å². The lowest BCUT2D eigenvalue weighted by atomic mass is 9.44. The molecule has 202 valence electrons. The number of aliphatic hydroxyl groups is 4. The molecule has 0 aromatic carbocycles. The fraction of sp³-hybridized carbons (Fsp3) is 0.933. The second-order valence-corrected chi connectivity index (χ2v) is 15.6. The van der Waals surface area contributed by atoms with Gasteiger partial charge in [0.2, 0.25) is 0 Å². The molecule has 0 aromatic rings. The summed E-state index contributed by atoms with van der Waals surface area (Å²) in [6, 6.07) is 0. The molecule has 0 aromatic heterocycles. The Balaban J connectivity index is 1.39. The predicted molar refractivity (Wildman–Crippen MR) is 134 cm³/mol. The van der Waals surface area contributed by atoms with Crippen LogP contribution in [0, 0.1) is 44.8 Å². The van der Waals surface area contributed by atoms with E-state index in [1.807, 2.05) is 0 Å². The van der Waals surface area contributed by atoms with E-state index in [1.165, 1.54) is 5.57 Å². The molecule has 36 heavy (non-hydrogen) atoms. The Bertz CT molecular complexity index is 1050. The first kappa shape index (κ1) is 24.5. The third-order valence-corrected chi connectivity index (χ3v) is 13.6. The molecule has 7 rings (SSSR count). The van der Waals surface area contributed by atoms with Gasteiger partial charge in [-0.05, 0) is 75.0 Å². The Morgan fingerprint density at radius 1 is 1.03 bits per heavy atom. The van der Waals surface area contributed by atoms with Crippen LogP contribution in [0.3, 0.4) is 0 Å². The smallest absolute Gasteiger partial charge is 0.200 e. The van der Waals surface area contributed by atoms with Crippen molar-refractivity contribution in [1.82, 2.24) is 0 Å². The second kappa shape index (κ2) is 6.45. The molecule has 5 aliphatic carbocycles. The Kier molecular flexibility index (Phi) is 4.39. The molecule has 4 saturated carbocycles. The van der Waals surface area contributed by atoms with Gasteiger partial charge in [-0.25, -0.2) is 0 Å². The Hall–Kier alpha value is -0.500. The third-order valence-electron chi connectivity index (χ3n) is 13.6. The number of allylic oxidation sites excluding steroid dienone is 1. The van der Waals surface area contributed by atoms with Gasteiger partial charge in [-0.1, -0.05) is 46.3 Å². The summed E-state index contributed by atoms with van der Waals surface area (Å²) in [4.78, 5) is 0. The normalized spacial score (nSPS) is 62.4. The topological polar surface area (TPSA) is 99.4 Å². The molecular weight excluding hydrogens is 456 g/mol. The maximum atomic E-state index is 12.4. The van der Waals surface area contributed by atoms with E-state index in [0.29, 0.717) is 12.3 Å². The van der Waals surface area contributed by atoms with Crippen LogP contribution < -0.4 is 0 Å². The van der Waals surface area contributed by atoms with Crippen molar-refractivity contribution in [2.45, 2.75) is 129 Å². The third kappa shape index (κ3) is 2.25. The highest BCUT2D eigenvalue weighted by atomic mass is 16.8. The molecule has 3 spiro atoms. The molecule has 2 bridgehead atoms. The van der Waals surface area contributed by atoms with Crippen LogP contribution in [0.2, 0.25) is 0 Å². The van der Waals surface area contributed by atoms with Crippen molar-refractivity contribution in [3.63, 3.8) is 0 Å². The summed E-state index contributed by atoms with van der Waals surface area (Å²) >= 11 is 0. The lowest BCUT2D eigenvalue weighted by Gasteiger charge is -2.61. The van der Waals surface area contributed by atoms with E-state index >= 15 is 0 Å². The molecule has 4 N–H and O–H groups in total. The SMILES string of the molecule is C[C@@H]1C[C@H]2O[C@@]3(O[C@@H]2C(C)(C)O)[C@H]1[C@@]1(C)[C@H](O)C[C@@]24C[C@@]25CC[C@H](O)C(C)(C)[C@@H]5CC=C4[C@]1(C)[C@H]3O. The zero-order valence-corrected chi connectivity index (χ0v) is 23.0. The Labute approximate surface area is 215 Å². The summed E-state index contributed by atoms with van der Waals surface area (Å²) < 4.78 is 13.4. The molecule has 13 atom stereocenters. The van der Waals surface area contributed by atoms with Crippen LogP contribution >= 0.6 is 0 Å². The maximum Gasteiger partial charge on any atom is 0.200 e. The van der Waals surface area contributed by atoms with Gasteiger partial charge in [-0.3, -0.25) is 0 Å². The summed E-state index contributed by atoms with van der Waals surface area (Å²) in [5, 5.41) is 46.5. The minimum Gasteiger partial charge on any atom is -0.393 e. The average molecular weight is 503 g/mol. The van der Waals surface area contributed by atoms with Gasteiger partial charge < -0.3 is 29.9 Å². The Morgan fingerprint density at radius 2 is 1.72 bits per heavy atom. The van der Waals surface area contributed by atoms with Crippen LogP contribution in [0.1, 0.15) is 87.0 Å². The van der Waals surface area contributed by atoms with Crippen molar-refractivity contribution in [3.05, 3.63) is 11.6 Å². The quantitative estimate of drug-likeness (QED) is 0.410. The van der Waals surface area contributed by atoms with Crippen molar-refractivity contribution in [1.29, 1.82) is 0 Å². The molecule has 7 aliphatic rings. The van der Waals surface area contributed by atoms with Gasteiger partial charge in [0, 0.05) is 22.2 Å². The van der Waals surface area contributed by atoms with E-state index in [1.54, 1.807) is 13.8 Å². The van der Waals surface area contributed by atoms with E-state index in [-0.39, 0.29) is 40.3 Å². The number of rotatable bonds is 1. The number of aliphatic hydroxyl groups excluding tert-OH is 3. The van der Waals surface area contributed by atoms with Crippen molar-refractivity contribution in [2.24, 2.45) is 44.8 Å². The van der Waals surface area contributed by atoms with Crippen LogP contribution in [-0.2, 0) is 9.47 Å². The number of ether oxygens (including phenoxy) is 2.